The molecular formula is C9H11ClN2O2. The van der Waals surface area contributed by atoms with Crippen molar-refractivity contribution in [3.05, 3.63) is 23.4 Å². The van der Waals surface area contributed by atoms with Gasteiger partial charge < -0.3 is 10.1 Å². The number of carbonyl (C=O) groups is 1. The van der Waals surface area contributed by atoms with E-state index < -0.39 is 0 Å². The molecule has 5 heteroatoms. The highest BCUT2D eigenvalue weighted by atomic mass is 35.5. The molecule has 1 aromatic heterocycles. The molecule has 4 nitrogen and oxygen atoms in total. The van der Waals surface area contributed by atoms with Gasteiger partial charge in [0.15, 0.2) is 5.82 Å². The Morgan fingerprint density at radius 3 is 3.14 bits per heavy atom. The largest absolute Gasteiger partial charge is 0.372 e. The van der Waals surface area contributed by atoms with Gasteiger partial charge in [-0.1, -0.05) is 11.6 Å². The molecule has 0 bridgehead atoms. The summed E-state index contributed by atoms with van der Waals surface area (Å²) in [5.41, 5.74) is 0. The smallest absolute Gasteiger partial charge is 0.251 e. The van der Waals surface area contributed by atoms with E-state index in [2.05, 4.69) is 10.3 Å². The lowest BCUT2D eigenvalue weighted by molar-refractivity contribution is -0.120. The molecule has 0 aliphatic rings. The average Bonchev–Trinajstić information content (AvgIpc) is 2.18. The van der Waals surface area contributed by atoms with Crippen molar-refractivity contribution >= 4 is 23.3 Å². The lowest BCUT2D eigenvalue weighted by atomic mass is 10.4. The van der Waals surface area contributed by atoms with Gasteiger partial charge in [-0.05, 0) is 19.1 Å². The number of nitrogens with zero attached hydrogens (tertiary/aromatic N) is 1. The minimum absolute atomic E-state index is 0.0173. The third-order valence-electron chi connectivity index (χ3n) is 1.45. The van der Waals surface area contributed by atoms with Gasteiger partial charge in [-0.25, -0.2) is 4.98 Å². The Bertz CT molecular complexity index is 317. The van der Waals surface area contributed by atoms with Crippen LogP contribution in [0.3, 0.4) is 0 Å². The van der Waals surface area contributed by atoms with Gasteiger partial charge >= 0.3 is 0 Å². The zero-order valence-electron chi connectivity index (χ0n) is 7.79. The van der Waals surface area contributed by atoms with E-state index in [4.69, 9.17) is 16.3 Å². The zero-order chi connectivity index (χ0) is 10.4. The lowest BCUT2D eigenvalue weighted by Crippen LogP contribution is -2.19. The minimum atomic E-state index is -0.257. The number of pyridine rings is 1. The Morgan fingerprint density at radius 1 is 1.71 bits per heavy atom. The quantitative estimate of drug-likeness (QED) is 0.830. The highest BCUT2D eigenvalue weighted by Gasteiger charge is 2.05. The molecule has 0 spiro atoms. The van der Waals surface area contributed by atoms with Gasteiger partial charge in [0.05, 0.1) is 5.02 Å². The Morgan fingerprint density at radius 2 is 2.50 bits per heavy atom. The second kappa shape index (κ2) is 5.57. The van der Waals surface area contributed by atoms with Crippen molar-refractivity contribution in [1.82, 2.24) is 4.98 Å². The molecule has 1 heterocycles. The second-order valence-corrected chi connectivity index (χ2v) is 2.93. The summed E-state index contributed by atoms with van der Waals surface area (Å²) in [6.45, 7) is 2.34. The van der Waals surface area contributed by atoms with Crippen LogP contribution in [0.25, 0.3) is 0 Å². The summed E-state index contributed by atoms with van der Waals surface area (Å²) in [5.74, 6) is 0.103. The van der Waals surface area contributed by atoms with E-state index in [-0.39, 0.29) is 12.5 Å². The minimum Gasteiger partial charge on any atom is -0.372 e. The van der Waals surface area contributed by atoms with Crippen molar-refractivity contribution in [3.63, 3.8) is 0 Å². The molecular weight excluding hydrogens is 204 g/mol. The Kier molecular flexibility index (Phi) is 4.35. The number of carbonyl (C=O) groups excluding carboxylic acids is 1. The standard InChI is InChI=1S/C9H11ClN2O2/c1-2-14-6-8(13)12-9-7(10)4-3-5-11-9/h3-5H,2,6H2,1H3,(H,11,12,13). The maximum absolute atomic E-state index is 11.2. The van der Waals surface area contributed by atoms with Crippen LogP contribution in [0.15, 0.2) is 18.3 Å². The maximum atomic E-state index is 11.2. The summed E-state index contributed by atoms with van der Waals surface area (Å²) in [6.07, 6.45) is 1.56. The van der Waals surface area contributed by atoms with Crippen LogP contribution in [0.1, 0.15) is 6.92 Å². The van der Waals surface area contributed by atoms with Gasteiger partial charge in [0, 0.05) is 12.8 Å². The number of halogens is 1. The summed E-state index contributed by atoms with van der Waals surface area (Å²) in [6, 6.07) is 3.35. The number of nitrogens with one attached hydrogen (secondary N) is 1. The molecule has 1 amide bonds. The van der Waals surface area contributed by atoms with Crippen molar-refractivity contribution in [3.8, 4) is 0 Å². The van der Waals surface area contributed by atoms with Gasteiger partial charge in [-0.3, -0.25) is 4.79 Å². The highest BCUT2D eigenvalue weighted by molar-refractivity contribution is 6.33. The monoisotopic (exact) mass is 214 g/mol. The number of aromatic nitrogens is 1. The third kappa shape index (κ3) is 3.32. The lowest BCUT2D eigenvalue weighted by Gasteiger charge is -2.05. The molecule has 0 saturated carbocycles. The number of rotatable bonds is 4. The molecule has 1 N–H and O–H groups in total. The van der Waals surface area contributed by atoms with E-state index >= 15 is 0 Å². The molecule has 0 aliphatic heterocycles. The van der Waals surface area contributed by atoms with Gasteiger partial charge in [0.25, 0.3) is 5.91 Å². The summed E-state index contributed by atoms with van der Waals surface area (Å²) < 4.78 is 4.92. The van der Waals surface area contributed by atoms with Gasteiger partial charge in [0.2, 0.25) is 0 Å². The fourth-order valence-corrected chi connectivity index (χ4v) is 1.01. The third-order valence-corrected chi connectivity index (χ3v) is 1.76. The van der Waals surface area contributed by atoms with Crippen LogP contribution in [0.4, 0.5) is 5.82 Å². The predicted octanol–water partition coefficient (Wildman–Crippen LogP) is 1.71. The van der Waals surface area contributed by atoms with Crippen LogP contribution in [0.2, 0.25) is 5.02 Å². The predicted molar refractivity (Wildman–Crippen MR) is 54.4 cm³/mol. The van der Waals surface area contributed by atoms with E-state index in [1.807, 2.05) is 6.92 Å². The molecule has 14 heavy (non-hydrogen) atoms. The van der Waals surface area contributed by atoms with Crippen LogP contribution in [-0.4, -0.2) is 24.1 Å². The van der Waals surface area contributed by atoms with E-state index in [1.165, 1.54) is 0 Å². The van der Waals surface area contributed by atoms with Crippen LogP contribution in [0.5, 0.6) is 0 Å². The van der Waals surface area contributed by atoms with E-state index in [1.54, 1.807) is 18.3 Å². The van der Waals surface area contributed by atoms with Crippen LogP contribution in [0, 0.1) is 0 Å². The Hall–Kier alpha value is -1.13. The number of anilines is 1. The Labute approximate surface area is 87.2 Å². The van der Waals surface area contributed by atoms with Gasteiger partial charge in [-0.2, -0.15) is 0 Å². The fraction of sp³-hybridized carbons (Fsp3) is 0.333. The van der Waals surface area contributed by atoms with Gasteiger partial charge in [0.1, 0.15) is 6.61 Å². The molecule has 76 valence electrons. The van der Waals surface area contributed by atoms with Crippen molar-refractivity contribution in [2.75, 3.05) is 18.5 Å². The van der Waals surface area contributed by atoms with E-state index in [0.717, 1.165) is 0 Å². The number of hydrogen-bond acceptors (Lipinski definition) is 3. The molecule has 0 atom stereocenters. The first-order chi connectivity index (χ1) is 6.74. The molecule has 0 aromatic carbocycles. The first-order valence-electron chi connectivity index (χ1n) is 4.22. The number of amides is 1. The second-order valence-electron chi connectivity index (χ2n) is 2.52. The Balaban J connectivity index is 2.52. The van der Waals surface area contributed by atoms with Gasteiger partial charge in [-0.15, -0.1) is 0 Å². The summed E-state index contributed by atoms with van der Waals surface area (Å²) in [4.78, 5) is 15.1. The highest BCUT2D eigenvalue weighted by Crippen LogP contribution is 2.16. The molecule has 1 aromatic rings. The fourth-order valence-electron chi connectivity index (χ4n) is 0.841. The molecule has 0 unspecified atom stereocenters. The zero-order valence-corrected chi connectivity index (χ0v) is 8.54. The molecule has 0 saturated heterocycles. The van der Waals surface area contributed by atoms with E-state index in [9.17, 15) is 4.79 Å². The van der Waals surface area contributed by atoms with Crippen LogP contribution >= 0.6 is 11.6 Å². The molecule has 0 fully saturated rings. The molecule has 0 aliphatic carbocycles. The molecule has 1 rings (SSSR count). The SMILES string of the molecule is CCOCC(=O)Nc1ncccc1Cl. The number of hydrogen-bond donors (Lipinski definition) is 1. The summed E-state index contributed by atoms with van der Waals surface area (Å²) >= 11 is 5.78. The maximum Gasteiger partial charge on any atom is 0.251 e. The van der Waals surface area contributed by atoms with Crippen molar-refractivity contribution < 1.29 is 9.53 Å². The number of ether oxygens (including phenoxy) is 1. The first-order valence-corrected chi connectivity index (χ1v) is 4.60. The van der Waals surface area contributed by atoms with Crippen molar-refractivity contribution in [2.45, 2.75) is 6.92 Å². The average molecular weight is 215 g/mol. The van der Waals surface area contributed by atoms with Crippen LogP contribution in [-0.2, 0) is 9.53 Å². The molecule has 0 radical (unpaired) electrons. The first kappa shape index (κ1) is 10.9. The van der Waals surface area contributed by atoms with E-state index in [0.29, 0.717) is 17.4 Å². The van der Waals surface area contributed by atoms with Crippen molar-refractivity contribution in [1.29, 1.82) is 0 Å². The van der Waals surface area contributed by atoms with Crippen molar-refractivity contribution in [2.24, 2.45) is 0 Å². The van der Waals surface area contributed by atoms with Crippen LogP contribution < -0.4 is 5.32 Å². The summed E-state index contributed by atoms with van der Waals surface area (Å²) in [5, 5.41) is 2.95. The summed E-state index contributed by atoms with van der Waals surface area (Å²) in [7, 11) is 0. The topological polar surface area (TPSA) is 51.2 Å². The normalized spacial score (nSPS) is 9.86.